The summed E-state index contributed by atoms with van der Waals surface area (Å²) in [5.74, 6) is -0.586. The van der Waals surface area contributed by atoms with Gasteiger partial charge in [-0.1, -0.05) is 53.5 Å². The van der Waals surface area contributed by atoms with Crippen LogP contribution >= 0.6 is 34.8 Å². The summed E-state index contributed by atoms with van der Waals surface area (Å²) < 4.78 is 0. The van der Waals surface area contributed by atoms with Crippen molar-refractivity contribution in [1.82, 2.24) is 5.43 Å². The zero-order valence-electron chi connectivity index (χ0n) is 10.5. The van der Waals surface area contributed by atoms with Crippen LogP contribution in [-0.2, 0) is 0 Å². The molecule has 0 bridgehead atoms. The summed E-state index contributed by atoms with van der Waals surface area (Å²) in [6.45, 7) is 0. The lowest BCUT2D eigenvalue weighted by Gasteiger charge is -2.02. The topological polar surface area (TPSA) is 81.6 Å². The number of nitrogen functional groups attached to an aromatic ring is 1. The second-order valence-electron chi connectivity index (χ2n) is 3.97. The van der Waals surface area contributed by atoms with Crippen molar-refractivity contribution in [2.45, 2.75) is 0 Å². The van der Waals surface area contributed by atoms with Gasteiger partial charge in [0.25, 0.3) is 10.8 Å². The van der Waals surface area contributed by atoms with Gasteiger partial charge in [0.15, 0.2) is 0 Å². The van der Waals surface area contributed by atoms with Crippen LogP contribution in [0.5, 0.6) is 0 Å². The molecular weight excluding hydrogens is 335 g/mol. The molecule has 1 aromatic heterocycles. The van der Waals surface area contributed by atoms with Crippen molar-refractivity contribution >= 4 is 52.6 Å². The minimum atomic E-state index is -0.586. The molecule has 0 aliphatic carbocycles. The number of halogens is 3. The Balaban J connectivity index is 2.16. The van der Waals surface area contributed by atoms with Crippen LogP contribution in [0.1, 0.15) is 16.1 Å². The molecule has 0 radical (unpaired) electrons. The van der Waals surface area contributed by atoms with E-state index in [9.17, 15) is 4.79 Å². The lowest BCUT2D eigenvalue weighted by atomic mass is 10.2. The summed E-state index contributed by atoms with van der Waals surface area (Å²) in [5, 5.41) is 3.89. The average molecular weight is 345 g/mol. The normalized spacial score (nSPS) is 10.8. The van der Waals surface area contributed by atoms with Crippen LogP contribution in [0, 0.1) is 0 Å². The van der Waals surface area contributed by atoms with Crippen LogP contribution < -0.4 is 16.1 Å². The van der Waals surface area contributed by atoms with Gasteiger partial charge < -0.3 is 5.73 Å². The highest BCUT2D eigenvalue weighted by molar-refractivity contribution is 6.45. The minimum Gasteiger partial charge on any atom is -0.396 e. The second kappa shape index (κ2) is 6.76. The number of nitrogens with one attached hydrogen (secondary N) is 2. The van der Waals surface area contributed by atoms with E-state index < -0.39 is 5.91 Å². The first kappa shape index (κ1) is 15.6. The molecule has 1 aromatic carbocycles. The quantitative estimate of drug-likeness (QED) is 0.510. The number of nitrogens with two attached hydrogens (primary N) is 1. The fraction of sp³-hybridized carbons (Fsp3) is 0. The Labute approximate surface area is 135 Å². The van der Waals surface area contributed by atoms with E-state index in [0.717, 1.165) is 5.56 Å². The highest BCUT2D eigenvalue weighted by Gasteiger charge is 2.25. The van der Waals surface area contributed by atoms with Gasteiger partial charge in [0, 0.05) is 0 Å². The number of amides is 1. The predicted octanol–water partition coefficient (Wildman–Crippen LogP) is 2.81. The predicted molar refractivity (Wildman–Crippen MR) is 83.9 cm³/mol. The molecule has 108 valence electrons. The Hall–Kier alpha value is -1.82. The van der Waals surface area contributed by atoms with E-state index in [1.54, 1.807) is 0 Å². The van der Waals surface area contributed by atoms with E-state index in [0.29, 0.717) is 0 Å². The van der Waals surface area contributed by atoms with Crippen molar-refractivity contribution in [2.24, 2.45) is 5.10 Å². The summed E-state index contributed by atoms with van der Waals surface area (Å²) >= 11 is 17.6. The molecule has 8 heteroatoms. The highest BCUT2D eigenvalue weighted by Crippen LogP contribution is 2.31. The number of nitrogens with zero attached hydrogens (tertiary/aromatic N) is 1. The van der Waals surface area contributed by atoms with Crippen molar-refractivity contribution in [3.63, 3.8) is 0 Å². The molecule has 5 nitrogen and oxygen atoms in total. The van der Waals surface area contributed by atoms with Crippen LogP contribution in [0.25, 0.3) is 0 Å². The zero-order chi connectivity index (χ0) is 15.4. The molecular formula is C13H10Cl3N4O+. The van der Waals surface area contributed by atoms with Gasteiger partial charge in [-0.25, -0.2) is 5.43 Å². The number of carbonyl (C=O) groups excluding carboxylic acids is 1. The first-order valence-corrected chi connectivity index (χ1v) is 6.87. The van der Waals surface area contributed by atoms with Crippen LogP contribution in [0.15, 0.2) is 35.4 Å². The van der Waals surface area contributed by atoms with E-state index in [1.807, 2.05) is 30.3 Å². The molecule has 2 aromatic rings. The first-order valence-electron chi connectivity index (χ1n) is 5.74. The summed E-state index contributed by atoms with van der Waals surface area (Å²) in [5.41, 5.74) is 8.82. The third-order valence-corrected chi connectivity index (χ3v) is 3.69. The molecule has 0 saturated heterocycles. The molecule has 0 fully saturated rings. The summed E-state index contributed by atoms with van der Waals surface area (Å²) in [7, 11) is 0. The van der Waals surface area contributed by atoms with Crippen molar-refractivity contribution in [3.8, 4) is 0 Å². The van der Waals surface area contributed by atoms with Gasteiger partial charge >= 0.3 is 5.91 Å². The van der Waals surface area contributed by atoms with E-state index in [1.165, 1.54) is 6.21 Å². The number of hydrogen-bond donors (Lipinski definition) is 2. The largest absolute Gasteiger partial charge is 0.396 e. The molecule has 0 aliphatic rings. The number of hydrogen-bond acceptors (Lipinski definition) is 3. The zero-order valence-corrected chi connectivity index (χ0v) is 12.8. The number of rotatable bonds is 3. The van der Waals surface area contributed by atoms with Crippen LogP contribution in [-0.4, -0.2) is 12.1 Å². The third-order valence-electron chi connectivity index (χ3n) is 2.53. The van der Waals surface area contributed by atoms with Gasteiger partial charge in [-0.05, 0) is 17.2 Å². The maximum atomic E-state index is 12.0. The van der Waals surface area contributed by atoms with E-state index in [4.69, 9.17) is 40.5 Å². The molecule has 2 rings (SSSR count). The van der Waals surface area contributed by atoms with E-state index >= 15 is 0 Å². The number of carbonyl (C=O) groups is 1. The molecule has 0 unspecified atom stereocenters. The average Bonchev–Trinajstić information content (AvgIpc) is 2.49. The fourth-order valence-corrected chi connectivity index (χ4v) is 2.10. The highest BCUT2D eigenvalue weighted by atomic mass is 35.5. The van der Waals surface area contributed by atoms with Crippen molar-refractivity contribution in [2.75, 3.05) is 5.73 Å². The molecule has 4 N–H and O–H groups in total. The van der Waals surface area contributed by atoms with Crippen molar-refractivity contribution in [3.05, 3.63) is 56.8 Å². The van der Waals surface area contributed by atoms with Crippen LogP contribution in [0.3, 0.4) is 0 Å². The van der Waals surface area contributed by atoms with Gasteiger partial charge in [-0.15, -0.1) is 0 Å². The van der Waals surface area contributed by atoms with Gasteiger partial charge in [0.1, 0.15) is 10.0 Å². The van der Waals surface area contributed by atoms with Gasteiger partial charge in [-0.2, -0.15) is 10.1 Å². The molecule has 1 heterocycles. The lowest BCUT2D eigenvalue weighted by molar-refractivity contribution is -0.379. The van der Waals surface area contributed by atoms with Gasteiger partial charge in [0.05, 0.1) is 11.9 Å². The van der Waals surface area contributed by atoms with Crippen LogP contribution in [0.4, 0.5) is 5.69 Å². The van der Waals surface area contributed by atoms with E-state index in [-0.39, 0.29) is 26.6 Å². The van der Waals surface area contributed by atoms with Crippen LogP contribution in [0.2, 0.25) is 15.2 Å². The summed E-state index contributed by atoms with van der Waals surface area (Å²) in [6, 6.07) is 9.27. The molecule has 0 aliphatic heterocycles. The van der Waals surface area contributed by atoms with Gasteiger partial charge in [0.2, 0.25) is 0 Å². The number of pyridine rings is 1. The monoisotopic (exact) mass is 343 g/mol. The molecule has 0 atom stereocenters. The number of aromatic amines is 1. The third kappa shape index (κ3) is 3.64. The SMILES string of the molecule is Nc1c(Cl)c(Cl)[nH+]c(C(=O)N/N=C\c2ccccc2)c1Cl. The Bertz CT molecular complexity index is 704. The lowest BCUT2D eigenvalue weighted by Crippen LogP contribution is -2.28. The van der Waals surface area contributed by atoms with Crippen molar-refractivity contribution in [1.29, 1.82) is 0 Å². The molecule has 1 amide bonds. The Morgan fingerprint density at radius 3 is 2.52 bits per heavy atom. The Kier molecular flexibility index (Phi) is 5.01. The molecule has 0 saturated carbocycles. The smallest absolute Gasteiger partial charge is 0.337 e. The maximum absolute atomic E-state index is 12.0. The first-order chi connectivity index (χ1) is 10.0. The fourth-order valence-electron chi connectivity index (χ4n) is 1.49. The standard InChI is InChI=1S/C13H9Cl3N4O/c14-8-10(17)9(15)12(16)19-11(8)13(21)20-18-6-7-4-2-1-3-5-7/h1-6H,(H2,17,19)(H,20,21)/p+1/b18-6-. The van der Waals surface area contributed by atoms with Crippen molar-refractivity contribution < 1.29 is 9.78 Å². The summed E-state index contributed by atoms with van der Waals surface area (Å²) in [6.07, 6.45) is 1.49. The number of hydrazone groups is 1. The maximum Gasteiger partial charge on any atom is 0.337 e. The molecule has 21 heavy (non-hydrogen) atoms. The number of anilines is 1. The number of benzene rings is 1. The number of H-pyrrole nitrogens is 1. The summed E-state index contributed by atoms with van der Waals surface area (Å²) in [4.78, 5) is 14.5. The Morgan fingerprint density at radius 2 is 1.86 bits per heavy atom. The van der Waals surface area contributed by atoms with E-state index in [2.05, 4.69) is 15.5 Å². The second-order valence-corrected chi connectivity index (χ2v) is 5.10. The number of aromatic nitrogens is 1. The minimum absolute atomic E-state index is 0.0168. The Morgan fingerprint density at radius 1 is 1.19 bits per heavy atom. The molecule has 0 spiro atoms. The van der Waals surface area contributed by atoms with Gasteiger partial charge in [-0.3, -0.25) is 4.79 Å².